The van der Waals surface area contributed by atoms with E-state index in [-0.39, 0.29) is 11.6 Å². The van der Waals surface area contributed by atoms with Gasteiger partial charge in [0.2, 0.25) is 4.96 Å². The molecule has 2 amide bonds. The Morgan fingerprint density at radius 3 is 2.74 bits per heavy atom. The summed E-state index contributed by atoms with van der Waals surface area (Å²) >= 11 is 3.00. The molecule has 4 heterocycles. The Labute approximate surface area is 204 Å². The van der Waals surface area contributed by atoms with Gasteiger partial charge >= 0.3 is 6.03 Å². The summed E-state index contributed by atoms with van der Waals surface area (Å²) in [6.07, 6.45) is 0. The number of nitrogens with one attached hydrogen (secondary N) is 1. The number of hydrogen-bond donors (Lipinski definition) is 1. The Kier molecular flexibility index (Phi) is 6.31. The van der Waals surface area contributed by atoms with Gasteiger partial charge in [-0.05, 0) is 36.1 Å². The third-order valence-electron chi connectivity index (χ3n) is 5.67. The van der Waals surface area contributed by atoms with Gasteiger partial charge in [-0.2, -0.15) is 9.61 Å². The summed E-state index contributed by atoms with van der Waals surface area (Å²) in [7, 11) is 1.59. The van der Waals surface area contributed by atoms with Crippen LogP contribution in [0.1, 0.15) is 11.3 Å². The highest BCUT2D eigenvalue weighted by molar-refractivity contribution is 7.23. The van der Waals surface area contributed by atoms with Gasteiger partial charge in [0, 0.05) is 38.8 Å². The first-order valence-electron chi connectivity index (χ1n) is 10.9. The van der Waals surface area contributed by atoms with Gasteiger partial charge in [0.25, 0.3) is 5.56 Å². The Morgan fingerprint density at radius 2 is 2.00 bits per heavy atom. The first-order chi connectivity index (χ1) is 16.5. The molecule has 0 saturated carbocycles. The van der Waals surface area contributed by atoms with Crippen molar-refractivity contribution < 1.29 is 9.53 Å². The van der Waals surface area contributed by atoms with Crippen LogP contribution in [0.3, 0.4) is 0 Å². The van der Waals surface area contributed by atoms with Gasteiger partial charge in [-0.25, -0.2) is 9.78 Å². The van der Waals surface area contributed by atoms with Gasteiger partial charge in [0.15, 0.2) is 5.01 Å². The quantitative estimate of drug-likeness (QED) is 0.454. The summed E-state index contributed by atoms with van der Waals surface area (Å²) in [6, 6.07) is 11.0. The maximum absolute atomic E-state index is 12.8. The van der Waals surface area contributed by atoms with E-state index in [9.17, 15) is 9.59 Å². The molecule has 1 fully saturated rings. The Hall–Kier alpha value is -3.28. The number of carbonyl (C=O) groups is 1. The topological polar surface area (TPSA) is 92.1 Å². The first kappa shape index (κ1) is 22.5. The predicted molar refractivity (Wildman–Crippen MR) is 134 cm³/mol. The molecule has 1 N–H and O–H groups in total. The van der Waals surface area contributed by atoms with Gasteiger partial charge in [0.1, 0.15) is 5.75 Å². The fraction of sp³-hybridized carbons (Fsp3) is 0.304. The number of carbonyl (C=O) groups excluding carboxylic acids is 1. The average Bonchev–Trinajstić information content (AvgIpc) is 3.50. The molecule has 1 aliphatic rings. The van der Waals surface area contributed by atoms with E-state index in [4.69, 9.17) is 4.74 Å². The van der Waals surface area contributed by atoms with E-state index in [1.54, 1.807) is 29.4 Å². The number of rotatable bonds is 5. The van der Waals surface area contributed by atoms with Gasteiger partial charge in [0.05, 0.1) is 23.4 Å². The molecule has 176 valence electrons. The van der Waals surface area contributed by atoms with E-state index in [0.29, 0.717) is 54.8 Å². The zero-order chi connectivity index (χ0) is 23.7. The van der Waals surface area contributed by atoms with Crippen LogP contribution in [0.2, 0.25) is 0 Å². The van der Waals surface area contributed by atoms with Crippen LogP contribution in [0.15, 0.2) is 46.6 Å². The molecule has 0 unspecified atom stereocenters. The maximum Gasteiger partial charge on any atom is 0.322 e. The molecular weight excluding hydrogens is 472 g/mol. The minimum absolute atomic E-state index is 0.146. The molecule has 3 aromatic heterocycles. The van der Waals surface area contributed by atoms with Gasteiger partial charge in [-0.1, -0.05) is 23.5 Å². The summed E-state index contributed by atoms with van der Waals surface area (Å²) in [5, 5.41) is 10.2. The zero-order valence-electron chi connectivity index (χ0n) is 18.9. The lowest BCUT2D eigenvalue weighted by Crippen LogP contribution is -2.49. The van der Waals surface area contributed by atoms with Crippen LogP contribution in [0.25, 0.3) is 14.8 Å². The van der Waals surface area contributed by atoms with E-state index in [1.165, 1.54) is 15.9 Å². The smallest absolute Gasteiger partial charge is 0.322 e. The summed E-state index contributed by atoms with van der Waals surface area (Å²) in [4.78, 5) is 35.7. The van der Waals surface area contributed by atoms with Crippen molar-refractivity contribution in [1.82, 2.24) is 24.4 Å². The Bertz CT molecular complexity index is 1370. The summed E-state index contributed by atoms with van der Waals surface area (Å²) in [5.74, 6) is 0.635. The monoisotopic (exact) mass is 496 g/mol. The van der Waals surface area contributed by atoms with Crippen LogP contribution < -0.4 is 15.6 Å². The van der Waals surface area contributed by atoms with Crippen LogP contribution in [-0.2, 0) is 6.54 Å². The van der Waals surface area contributed by atoms with Gasteiger partial charge in [-0.15, -0.1) is 11.3 Å². The zero-order valence-corrected chi connectivity index (χ0v) is 20.5. The van der Waals surface area contributed by atoms with Gasteiger partial charge < -0.3 is 15.0 Å². The Balaban J connectivity index is 1.22. The maximum atomic E-state index is 12.8. The molecule has 0 aliphatic carbocycles. The van der Waals surface area contributed by atoms with E-state index in [0.717, 1.165) is 15.4 Å². The van der Waals surface area contributed by atoms with Crippen molar-refractivity contribution in [3.8, 4) is 15.6 Å². The normalized spacial score (nSPS) is 14.5. The van der Waals surface area contributed by atoms with Crippen molar-refractivity contribution in [2.24, 2.45) is 0 Å². The summed E-state index contributed by atoms with van der Waals surface area (Å²) in [5.41, 5.74) is 2.25. The highest BCUT2D eigenvalue weighted by atomic mass is 32.1. The largest absolute Gasteiger partial charge is 0.495 e. The highest BCUT2D eigenvalue weighted by Crippen LogP contribution is 2.28. The number of fused-ring (bicyclic) bond motifs is 1. The molecule has 0 bridgehead atoms. The molecule has 5 rings (SSSR count). The molecule has 1 aromatic carbocycles. The number of urea groups is 1. The van der Waals surface area contributed by atoms with Crippen molar-refractivity contribution in [3.05, 3.63) is 63.4 Å². The number of amides is 2. The third kappa shape index (κ3) is 4.67. The molecule has 0 radical (unpaired) electrons. The van der Waals surface area contributed by atoms with Crippen LogP contribution in [0.4, 0.5) is 10.5 Å². The van der Waals surface area contributed by atoms with Crippen molar-refractivity contribution in [3.63, 3.8) is 0 Å². The van der Waals surface area contributed by atoms with Crippen molar-refractivity contribution >= 4 is 39.4 Å². The highest BCUT2D eigenvalue weighted by Gasteiger charge is 2.23. The lowest BCUT2D eigenvalue weighted by atomic mass is 10.2. The fourth-order valence-corrected chi connectivity index (χ4v) is 5.61. The number of methoxy groups -OCH3 is 1. The molecule has 1 saturated heterocycles. The number of piperazine rings is 1. The number of hydrogen-bond acceptors (Lipinski definition) is 8. The molecular formula is C23H24N6O3S2. The number of thiophene rings is 1. The second-order valence-electron chi connectivity index (χ2n) is 8.06. The van der Waals surface area contributed by atoms with Crippen molar-refractivity contribution in [1.29, 1.82) is 0 Å². The molecule has 34 heavy (non-hydrogen) atoms. The predicted octanol–water partition coefficient (Wildman–Crippen LogP) is 3.55. The lowest BCUT2D eigenvalue weighted by Gasteiger charge is -2.34. The minimum atomic E-state index is -0.177. The van der Waals surface area contributed by atoms with E-state index in [1.807, 2.05) is 42.6 Å². The molecule has 11 heteroatoms. The third-order valence-corrected chi connectivity index (χ3v) is 7.62. The summed E-state index contributed by atoms with van der Waals surface area (Å²) in [6.45, 7) is 5.10. The molecule has 0 spiro atoms. The van der Waals surface area contributed by atoms with Gasteiger partial charge in [-0.3, -0.25) is 9.69 Å². The van der Waals surface area contributed by atoms with Crippen LogP contribution in [0.5, 0.6) is 5.75 Å². The number of ether oxygens (including phenoxy) is 1. The van der Waals surface area contributed by atoms with Crippen LogP contribution in [-0.4, -0.2) is 63.7 Å². The first-order valence-corrected chi connectivity index (χ1v) is 12.6. The molecule has 1 aliphatic heterocycles. The summed E-state index contributed by atoms with van der Waals surface area (Å²) < 4.78 is 6.72. The second-order valence-corrected chi connectivity index (χ2v) is 9.97. The average molecular weight is 497 g/mol. The fourth-order valence-electron chi connectivity index (χ4n) is 3.89. The van der Waals surface area contributed by atoms with Crippen molar-refractivity contribution in [2.75, 3.05) is 38.6 Å². The number of benzene rings is 1. The minimum Gasteiger partial charge on any atom is -0.495 e. The van der Waals surface area contributed by atoms with Crippen LogP contribution >= 0.6 is 22.7 Å². The van der Waals surface area contributed by atoms with E-state index >= 15 is 0 Å². The molecule has 4 aromatic rings. The standard InChI is InChI=1S/C23H24N6O3S2/c1-15-5-6-18(32-2)17(12-15)25-22(31)28-9-7-27(8-10-28)14-16-13-20(30)29-23(24-16)34-21(26-29)19-4-3-11-33-19/h3-6,11-13H,7-10,14H2,1-2H3,(H,25,31). The number of anilines is 1. The van der Waals surface area contributed by atoms with Crippen LogP contribution in [0, 0.1) is 6.92 Å². The SMILES string of the molecule is COc1ccc(C)cc1NC(=O)N1CCN(Cc2cc(=O)n3nc(-c4cccs4)sc3n2)CC1. The van der Waals surface area contributed by atoms with Crippen molar-refractivity contribution in [2.45, 2.75) is 13.5 Å². The number of aromatic nitrogens is 3. The van der Waals surface area contributed by atoms with E-state index in [2.05, 4.69) is 20.3 Å². The number of nitrogens with zero attached hydrogens (tertiary/aromatic N) is 5. The Morgan fingerprint density at radius 1 is 1.18 bits per heavy atom. The molecule has 0 atom stereocenters. The second kappa shape index (κ2) is 9.53. The number of aryl methyl sites for hydroxylation is 1. The van der Waals surface area contributed by atoms with E-state index < -0.39 is 0 Å². The molecule has 9 nitrogen and oxygen atoms in total. The lowest BCUT2D eigenvalue weighted by molar-refractivity contribution is 0.142.